The van der Waals surface area contributed by atoms with E-state index in [1.807, 2.05) is 24.8 Å². The molecule has 0 bridgehead atoms. The van der Waals surface area contributed by atoms with Crippen LogP contribution in [-0.2, 0) is 4.79 Å². The molecule has 1 saturated heterocycles. The van der Waals surface area contributed by atoms with Gasteiger partial charge in [-0.15, -0.1) is 0 Å². The Kier molecular flexibility index (Phi) is 3.46. The minimum atomic E-state index is -0.230. The average Bonchev–Trinajstić information content (AvgIpc) is 2.76. The summed E-state index contributed by atoms with van der Waals surface area (Å²) in [4.78, 5) is 13.9. The molecule has 0 radical (unpaired) electrons. The number of carbonyl (C=O) groups is 1. The third-order valence-corrected chi connectivity index (χ3v) is 3.26. The fourth-order valence-corrected chi connectivity index (χ4v) is 2.42. The molecule has 1 unspecified atom stereocenters. The van der Waals surface area contributed by atoms with Crippen molar-refractivity contribution in [2.75, 3.05) is 6.54 Å². The van der Waals surface area contributed by atoms with Crippen LogP contribution >= 0.6 is 0 Å². The predicted molar refractivity (Wildman–Crippen MR) is 64.9 cm³/mol. The highest BCUT2D eigenvalue weighted by molar-refractivity contribution is 5.78. The van der Waals surface area contributed by atoms with E-state index in [0.717, 1.165) is 24.9 Å². The van der Waals surface area contributed by atoms with Crippen molar-refractivity contribution in [2.45, 2.75) is 32.7 Å². The van der Waals surface area contributed by atoms with Crippen molar-refractivity contribution in [3.05, 3.63) is 35.6 Å². The summed E-state index contributed by atoms with van der Waals surface area (Å²) in [5, 5.41) is 0. The number of hydrogen-bond donors (Lipinski definition) is 0. The molecule has 1 fully saturated rings. The van der Waals surface area contributed by atoms with Crippen molar-refractivity contribution in [2.24, 2.45) is 5.92 Å². The van der Waals surface area contributed by atoms with Gasteiger partial charge in [0.2, 0.25) is 5.91 Å². The number of nitrogens with zero attached hydrogens (tertiary/aromatic N) is 1. The largest absolute Gasteiger partial charge is 0.335 e. The molecule has 3 heteroatoms. The Morgan fingerprint density at radius 1 is 1.47 bits per heavy atom. The summed E-state index contributed by atoms with van der Waals surface area (Å²) in [6.45, 7) is 4.60. The Balaban J connectivity index is 2.23. The van der Waals surface area contributed by atoms with Crippen LogP contribution in [0.25, 0.3) is 0 Å². The first-order valence-corrected chi connectivity index (χ1v) is 6.15. The maximum Gasteiger partial charge on any atom is 0.225 e. The van der Waals surface area contributed by atoms with Crippen LogP contribution < -0.4 is 0 Å². The Hall–Kier alpha value is -1.38. The molecule has 17 heavy (non-hydrogen) atoms. The zero-order valence-corrected chi connectivity index (χ0v) is 10.3. The molecule has 0 N–H and O–H groups in total. The third-order valence-electron chi connectivity index (χ3n) is 3.26. The molecule has 1 aliphatic rings. The van der Waals surface area contributed by atoms with E-state index in [1.54, 1.807) is 6.07 Å². The van der Waals surface area contributed by atoms with E-state index >= 15 is 0 Å². The molecule has 1 aromatic carbocycles. The summed E-state index contributed by atoms with van der Waals surface area (Å²) in [7, 11) is 0. The lowest BCUT2D eigenvalue weighted by Gasteiger charge is -2.26. The number of likely N-dealkylation sites (tertiary alicyclic amines) is 1. The van der Waals surface area contributed by atoms with Gasteiger partial charge in [-0.05, 0) is 30.5 Å². The first kappa shape index (κ1) is 12.1. The Labute approximate surface area is 101 Å². The van der Waals surface area contributed by atoms with E-state index in [0.29, 0.717) is 0 Å². The quantitative estimate of drug-likeness (QED) is 0.771. The lowest BCUT2D eigenvalue weighted by atomic mass is 10.0. The molecule has 1 heterocycles. The van der Waals surface area contributed by atoms with Gasteiger partial charge in [0.1, 0.15) is 5.82 Å². The fraction of sp³-hybridized carbons (Fsp3) is 0.500. The summed E-state index contributed by atoms with van der Waals surface area (Å²) < 4.78 is 13.2. The molecule has 0 aromatic heterocycles. The van der Waals surface area contributed by atoms with Crippen LogP contribution in [0.3, 0.4) is 0 Å². The first-order valence-electron chi connectivity index (χ1n) is 6.15. The number of rotatable bonds is 2. The van der Waals surface area contributed by atoms with Crippen molar-refractivity contribution in [1.82, 2.24) is 4.90 Å². The maximum absolute atomic E-state index is 13.2. The summed E-state index contributed by atoms with van der Waals surface area (Å²) in [5.41, 5.74) is 0.913. The second-order valence-corrected chi connectivity index (χ2v) is 4.90. The molecule has 1 amide bonds. The van der Waals surface area contributed by atoms with E-state index in [-0.39, 0.29) is 23.7 Å². The van der Waals surface area contributed by atoms with Crippen LogP contribution in [0.15, 0.2) is 24.3 Å². The van der Waals surface area contributed by atoms with Crippen LogP contribution in [0.5, 0.6) is 0 Å². The van der Waals surface area contributed by atoms with Crippen molar-refractivity contribution >= 4 is 5.91 Å². The van der Waals surface area contributed by atoms with E-state index in [4.69, 9.17) is 0 Å². The van der Waals surface area contributed by atoms with E-state index in [1.165, 1.54) is 12.1 Å². The Bertz CT molecular complexity index is 416. The van der Waals surface area contributed by atoms with Crippen molar-refractivity contribution in [3.63, 3.8) is 0 Å². The molecule has 92 valence electrons. The van der Waals surface area contributed by atoms with Gasteiger partial charge in [0.25, 0.3) is 0 Å². The number of amides is 1. The Morgan fingerprint density at radius 3 is 2.88 bits per heavy atom. The lowest BCUT2D eigenvalue weighted by Crippen LogP contribution is -2.33. The molecular weight excluding hydrogens is 217 g/mol. The maximum atomic E-state index is 13.2. The molecular formula is C14H18FNO. The molecule has 0 saturated carbocycles. The van der Waals surface area contributed by atoms with Crippen LogP contribution in [0.4, 0.5) is 4.39 Å². The van der Waals surface area contributed by atoms with Gasteiger partial charge >= 0.3 is 0 Å². The van der Waals surface area contributed by atoms with E-state index in [2.05, 4.69) is 0 Å². The summed E-state index contributed by atoms with van der Waals surface area (Å²) in [6.07, 6.45) is 1.93. The van der Waals surface area contributed by atoms with Gasteiger partial charge in [0.05, 0.1) is 6.04 Å². The second-order valence-electron chi connectivity index (χ2n) is 4.90. The van der Waals surface area contributed by atoms with Crippen molar-refractivity contribution in [3.8, 4) is 0 Å². The van der Waals surface area contributed by atoms with Crippen LogP contribution in [-0.4, -0.2) is 17.4 Å². The van der Waals surface area contributed by atoms with Gasteiger partial charge in [-0.25, -0.2) is 4.39 Å². The number of benzene rings is 1. The molecule has 2 nitrogen and oxygen atoms in total. The highest BCUT2D eigenvalue weighted by Crippen LogP contribution is 2.33. The van der Waals surface area contributed by atoms with Crippen molar-refractivity contribution < 1.29 is 9.18 Å². The first-order chi connectivity index (χ1) is 8.09. The highest BCUT2D eigenvalue weighted by atomic mass is 19.1. The molecule has 1 atom stereocenters. The average molecular weight is 235 g/mol. The predicted octanol–water partition coefficient (Wildman–Crippen LogP) is 3.15. The van der Waals surface area contributed by atoms with E-state index < -0.39 is 0 Å². The van der Waals surface area contributed by atoms with Gasteiger partial charge in [0, 0.05) is 12.5 Å². The monoisotopic (exact) mass is 235 g/mol. The van der Waals surface area contributed by atoms with Crippen LogP contribution in [0.1, 0.15) is 38.3 Å². The van der Waals surface area contributed by atoms with Crippen LogP contribution in [0.2, 0.25) is 0 Å². The third kappa shape index (κ3) is 2.48. The number of halogens is 1. The fourth-order valence-electron chi connectivity index (χ4n) is 2.42. The number of carbonyl (C=O) groups excluding carboxylic acids is 1. The van der Waals surface area contributed by atoms with Gasteiger partial charge < -0.3 is 4.90 Å². The summed E-state index contributed by atoms with van der Waals surface area (Å²) >= 11 is 0. The SMILES string of the molecule is CC(C)C(=O)N1CCCC1c1cccc(F)c1. The zero-order chi connectivity index (χ0) is 12.4. The molecule has 0 spiro atoms. The molecule has 0 aliphatic carbocycles. The van der Waals surface area contributed by atoms with Crippen LogP contribution in [0, 0.1) is 11.7 Å². The standard InChI is InChI=1S/C14H18FNO/c1-10(2)14(17)16-8-4-7-13(16)11-5-3-6-12(15)9-11/h3,5-6,9-10,13H,4,7-8H2,1-2H3. The summed E-state index contributed by atoms with van der Waals surface area (Å²) in [6, 6.07) is 6.64. The smallest absolute Gasteiger partial charge is 0.225 e. The lowest BCUT2D eigenvalue weighted by molar-refractivity contribution is -0.135. The highest BCUT2D eigenvalue weighted by Gasteiger charge is 2.30. The van der Waals surface area contributed by atoms with Gasteiger partial charge in [0.15, 0.2) is 0 Å². The number of hydrogen-bond acceptors (Lipinski definition) is 1. The molecule has 1 aromatic rings. The molecule has 1 aliphatic heterocycles. The minimum absolute atomic E-state index is 0.00385. The second kappa shape index (κ2) is 4.86. The van der Waals surface area contributed by atoms with Crippen molar-refractivity contribution in [1.29, 1.82) is 0 Å². The van der Waals surface area contributed by atoms with Gasteiger partial charge in [-0.2, -0.15) is 0 Å². The Morgan fingerprint density at radius 2 is 2.24 bits per heavy atom. The van der Waals surface area contributed by atoms with Gasteiger partial charge in [-0.3, -0.25) is 4.79 Å². The minimum Gasteiger partial charge on any atom is -0.335 e. The zero-order valence-electron chi connectivity index (χ0n) is 10.3. The van der Waals surface area contributed by atoms with Gasteiger partial charge in [-0.1, -0.05) is 26.0 Å². The summed E-state index contributed by atoms with van der Waals surface area (Å²) in [5.74, 6) is -0.0627. The molecule has 2 rings (SSSR count). The topological polar surface area (TPSA) is 20.3 Å². The normalized spacial score (nSPS) is 20.0. The van der Waals surface area contributed by atoms with E-state index in [9.17, 15) is 9.18 Å².